The Morgan fingerprint density at radius 3 is 2.28 bits per heavy atom. The summed E-state index contributed by atoms with van der Waals surface area (Å²) in [6, 6.07) is 6.52. The minimum Gasteiger partial charge on any atom is -0.326 e. The van der Waals surface area contributed by atoms with Crippen LogP contribution in [0.25, 0.3) is 0 Å². The monoisotopic (exact) mass is 334 g/mol. The predicted octanol–water partition coefficient (Wildman–Crippen LogP) is 2.17. The first kappa shape index (κ1) is 15.0. The zero-order valence-corrected chi connectivity index (χ0v) is 12.3. The number of hydrogen-bond donors (Lipinski definition) is 2. The average Bonchev–Trinajstić information content (AvgIpc) is 2.32. The van der Waals surface area contributed by atoms with Gasteiger partial charge >= 0.3 is 0 Å². The van der Waals surface area contributed by atoms with Gasteiger partial charge in [-0.2, -0.15) is 0 Å². The number of nitrogens with one attached hydrogen (secondary N) is 2. The standard InChI is InChI=1S/C11H15BrN2O3S/c1-2-18(16,17)14-10-5-3-9(4-6-10)13-11(15)7-8-12/h3-6,14H,2,7-8H2,1H3,(H,13,15). The molecule has 0 aliphatic carbocycles. The van der Waals surface area contributed by atoms with Crippen LogP contribution in [0, 0.1) is 0 Å². The van der Waals surface area contributed by atoms with Crippen LogP contribution in [0.2, 0.25) is 0 Å². The lowest BCUT2D eigenvalue weighted by atomic mass is 10.3. The molecule has 1 aromatic rings. The fourth-order valence-electron chi connectivity index (χ4n) is 1.18. The van der Waals surface area contributed by atoms with Crippen molar-refractivity contribution in [1.29, 1.82) is 0 Å². The van der Waals surface area contributed by atoms with Gasteiger partial charge < -0.3 is 5.32 Å². The van der Waals surface area contributed by atoms with Crippen molar-refractivity contribution in [3.63, 3.8) is 0 Å². The summed E-state index contributed by atoms with van der Waals surface area (Å²) in [6.45, 7) is 1.57. The highest BCUT2D eigenvalue weighted by molar-refractivity contribution is 9.09. The van der Waals surface area contributed by atoms with Gasteiger partial charge in [0, 0.05) is 23.1 Å². The van der Waals surface area contributed by atoms with E-state index in [1.165, 1.54) is 0 Å². The third-order valence-electron chi connectivity index (χ3n) is 2.14. The summed E-state index contributed by atoms with van der Waals surface area (Å²) in [4.78, 5) is 11.3. The fraction of sp³-hybridized carbons (Fsp3) is 0.364. The Hall–Kier alpha value is -1.08. The molecule has 7 heteroatoms. The van der Waals surface area contributed by atoms with Crippen molar-refractivity contribution in [2.75, 3.05) is 21.1 Å². The van der Waals surface area contributed by atoms with E-state index in [-0.39, 0.29) is 11.7 Å². The maximum Gasteiger partial charge on any atom is 0.232 e. The minimum atomic E-state index is -3.26. The van der Waals surface area contributed by atoms with Crippen LogP contribution < -0.4 is 10.0 Å². The summed E-state index contributed by atoms with van der Waals surface area (Å²) in [6.07, 6.45) is 0.393. The van der Waals surface area contributed by atoms with Crippen LogP contribution in [-0.2, 0) is 14.8 Å². The quantitative estimate of drug-likeness (QED) is 0.783. The molecule has 0 saturated heterocycles. The highest BCUT2D eigenvalue weighted by atomic mass is 79.9. The number of rotatable bonds is 6. The van der Waals surface area contributed by atoms with Crippen molar-refractivity contribution in [1.82, 2.24) is 0 Å². The lowest BCUT2D eigenvalue weighted by Gasteiger charge is -2.08. The van der Waals surface area contributed by atoms with Crippen LogP contribution in [0.4, 0.5) is 11.4 Å². The van der Waals surface area contributed by atoms with E-state index in [0.717, 1.165) is 0 Å². The van der Waals surface area contributed by atoms with Gasteiger partial charge in [0.25, 0.3) is 0 Å². The summed E-state index contributed by atoms with van der Waals surface area (Å²) >= 11 is 3.18. The SMILES string of the molecule is CCS(=O)(=O)Nc1ccc(NC(=O)CCBr)cc1. The number of alkyl halides is 1. The molecule has 2 N–H and O–H groups in total. The molecule has 5 nitrogen and oxygen atoms in total. The maximum atomic E-state index is 11.3. The zero-order valence-electron chi connectivity index (χ0n) is 9.94. The Morgan fingerprint density at radius 1 is 1.22 bits per heavy atom. The van der Waals surface area contributed by atoms with E-state index in [1.807, 2.05) is 0 Å². The topological polar surface area (TPSA) is 75.3 Å². The Bertz CT molecular complexity index is 500. The molecule has 0 radical (unpaired) electrons. The largest absolute Gasteiger partial charge is 0.326 e. The van der Waals surface area contributed by atoms with Crippen LogP contribution in [0.15, 0.2) is 24.3 Å². The first-order valence-electron chi connectivity index (χ1n) is 5.43. The van der Waals surface area contributed by atoms with Gasteiger partial charge in [0.2, 0.25) is 15.9 Å². The van der Waals surface area contributed by atoms with Gasteiger partial charge in [-0.1, -0.05) is 15.9 Å². The van der Waals surface area contributed by atoms with E-state index in [4.69, 9.17) is 0 Å². The molecule has 0 bridgehead atoms. The highest BCUT2D eigenvalue weighted by Gasteiger charge is 2.06. The number of amides is 1. The molecule has 1 aromatic carbocycles. The number of hydrogen-bond acceptors (Lipinski definition) is 3. The van der Waals surface area contributed by atoms with Gasteiger partial charge in [-0.25, -0.2) is 8.42 Å². The molecular weight excluding hydrogens is 320 g/mol. The van der Waals surface area contributed by atoms with Gasteiger partial charge in [-0.15, -0.1) is 0 Å². The van der Waals surface area contributed by atoms with Gasteiger partial charge in [-0.3, -0.25) is 9.52 Å². The summed E-state index contributed by atoms with van der Waals surface area (Å²) in [5.74, 6) is -0.0646. The Balaban J connectivity index is 2.66. The minimum absolute atomic E-state index is 0.0245. The molecule has 18 heavy (non-hydrogen) atoms. The summed E-state index contributed by atoms with van der Waals surface area (Å²) in [5.41, 5.74) is 1.12. The van der Waals surface area contributed by atoms with E-state index >= 15 is 0 Å². The molecule has 0 saturated carbocycles. The van der Waals surface area contributed by atoms with E-state index < -0.39 is 10.0 Å². The van der Waals surface area contributed by atoms with Crippen molar-refractivity contribution in [2.24, 2.45) is 0 Å². The Kier molecular flexibility index (Phi) is 5.61. The number of anilines is 2. The molecular formula is C11H15BrN2O3S. The van der Waals surface area contributed by atoms with E-state index in [9.17, 15) is 13.2 Å². The molecule has 0 spiro atoms. The number of sulfonamides is 1. The average molecular weight is 335 g/mol. The summed E-state index contributed by atoms with van der Waals surface area (Å²) in [5, 5.41) is 3.31. The first-order valence-corrected chi connectivity index (χ1v) is 8.20. The molecule has 0 fully saturated rings. The summed E-state index contributed by atoms with van der Waals surface area (Å²) in [7, 11) is -3.26. The normalized spacial score (nSPS) is 11.0. The van der Waals surface area contributed by atoms with E-state index in [0.29, 0.717) is 23.1 Å². The van der Waals surface area contributed by atoms with E-state index in [1.54, 1.807) is 31.2 Å². The van der Waals surface area contributed by atoms with Crippen LogP contribution >= 0.6 is 15.9 Å². The van der Waals surface area contributed by atoms with Crippen molar-refractivity contribution in [2.45, 2.75) is 13.3 Å². The van der Waals surface area contributed by atoms with E-state index in [2.05, 4.69) is 26.0 Å². The van der Waals surface area contributed by atoms with Crippen molar-refractivity contribution in [3.8, 4) is 0 Å². The smallest absolute Gasteiger partial charge is 0.232 e. The van der Waals surface area contributed by atoms with Crippen molar-refractivity contribution >= 4 is 43.2 Å². The second-order valence-electron chi connectivity index (χ2n) is 3.57. The molecule has 1 rings (SSSR count). The predicted molar refractivity (Wildman–Crippen MR) is 76.6 cm³/mol. The molecule has 0 aliphatic heterocycles. The van der Waals surface area contributed by atoms with Crippen LogP contribution in [0.5, 0.6) is 0 Å². The van der Waals surface area contributed by atoms with Crippen LogP contribution in [0.1, 0.15) is 13.3 Å². The third kappa shape index (κ3) is 5.05. The van der Waals surface area contributed by atoms with Crippen LogP contribution in [0.3, 0.4) is 0 Å². The van der Waals surface area contributed by atoms with Gasteiger partial charge in [0.15, 0.2) is 0 Å². The molecule has 100 valence electrons. The number of halogens is 1. The molecule has 1 amide bonds. The molecule has 0 unspecified atom stereocenters. The van der Waals surface area contributed by atoms with Gasteiger partial charge in [0.05, 0.1) is 5.75 Å². The highest BCUT2D eigenvalue weighted by Crippen LogP contribution is 2.15. The van der Waals surface area contributed by atoms with Gasteiger partial charge in [0.1, 0.15) is 0 Å². The van der Waals surface area contributed by atoms with Crippen LogP contribution in [-0.4, -0.2) is 25.4 Å². The second kappa shape index (κ2) is 6.75. The zero-order chi connectivity index (χ0) is 13.6. The van der Waals surface area contributed by atoms with Crippen molar-refractivity contribution in [3.05, 3.63) is 24.3 Å². The molecule has 0 atom stereocenters. The maximum absolute atomic E-state index is 11.3. The Morgan fingerprint density at radius 2 is 1.78 bits per heavy atom. The molecule has 0 heterocycles. The number of carbonyl (C=O) groups is 1. The summed E-state index contributed by atoms with van der Waals surface area (Å²) < 4.78 is 25.1. The molecule has 0 aromatic heterocycles. The number of benzene rings is 1. The van der Waals surface area contributed by atoms with Crippen molar-refractivity contribution < 1.29 is 13.2 Å². The third-order valence-corrected chi connectivity index (χ3v) is 3.85. The number of carbonyl (C=O) groups excluding carboxylic acids is 1. The first-order chi connectivity index (χ1) is 8.46. The second-order valence-corrected chi connectivity index (χ2v) is 6.37. The Labute approximate surface area is 115 Å². The molecule has 0 aliphatic rings. The fourth-order valence-corrected chi connectivity index (χ4v) is 2.18. The van der Waals surface area contributed by atoms with Gasteiger partial charge in [-0.05, 0) is 31.2 Å². The lowest BCUT2D eigenvalue weighted by Crippen LogP contribution is -2.15. The lowest BCUT2D eigenvalue weighted by molar-refractivity contribution is -0.115.